The lowest BCUT2D eigenvalue weighted by Gasteiger charge is -2.17. The highest BCUT2D eigenvalue weighted by atomic mass is 35.5. The van der Waals surface area contributed by atoms with Gasteiger partial charge in [0.1, 0.15) is 17.1 Å². The molecule has 0 N–H and O–H groups in total. The van der Waals surface area contributed by atoms with Gasteiger partial charge in [-0.2, -0.15) is 0 Å². The van der Waals surface area contributed by atoms with Crippen LogP contribution in [0, 0.1) is 5.41 Å². The summed E-state index contributed by atoms with van der Waals surface area (Å²) in [4.78, 5) is 12.2. The number of halogens is 1. The first-order valence-electron chi connectivity index (χ1n) is 6.63. The Kier molecular flexibility index (Phi) is 3.42. The molecule has 0 atom stereocenters. The highest BCUT2D eigenvalue weighted by Crippen LogP contribution is 2.42. The molecule has 0 unspecified atom stereocenters. The lowest BCUT2D eigenvalue weighted by atomic mass is 9.85. The zero-order chi connectivity index (χ0) is 14.4. The molecule has 3 heteroatoms. The van der Waals surface area contributed by atoms with Crippen LogP contribution in [-0.2, 0) is 17.6 Å². The topological polar surface area (TPSA) is 26.3 Å². The van der Waals surface area contributed by atoms with Crippen molar-refractivity contribution in [3.8, 4) is 5.75 Å². The standard InChI is InChI=1S/C16H21ClO2/c1-15(2,3)13(18)8-10-6-7-12(17)14-11(10)9-16(4,5)19-14/h6-7H,8-9H2,1-5H3. The van der Waals surface area contributed by atoms with Gasteiger partial charge in [-0.05, 0) is 25.5 Å². The summed E-state index contributed by atoms with van der Waals surface area (Å²) < 4.78 is 5.89. The van der Waals surface area contributed by atoms with Crippen LogP contribution in [0.15, 0.2) is 12.1 Å². The van der Waals surface area contributed by atoms with E-state index in [4.69, 9.17) is 16.3 Å². The van der Waals surface area contributed by atoms with Crippen molar-refractivity contribution in [2.75, 3.05) is 0 Å². The molecule has 1 aromatic carbocycles. The molecule has 0 spiro atoms. The van der Waals surface area contributed by atoms with Crippen molar-refractivity contribution in [1.82, 2.24) is 0 Å². The molecule has 0 aliphatic carbocycles. The Labute approximate surface area is 120 Å². The molecule has 1 aliphatic rings. The molecular formula is C16H21ClO2. The summed E-state index contributed by atoms with van der Waals surface area (Å²) in [7, 11) is 0. The van der Waals surface area contributed by atoms with Crippen LogP contribution in [0.1, 0.15) is 45.7 Å². The van der Waals surface area contributed by atoms with E-state index in [9.17, 15) is 4.79 Å². The van der Waals surface area contributed by atoms with Gasteiger partial charge in [0.15, 0.2) is 0 Å². The van der Waals surface area contributed by atoms with Crippen LogP contribution in [0.3, 0.4) is 0 Å². The Bertz CT molecular complexity index is 524. The number of hydrogen-bond donors (Lipinski definition) is 0. The predicted octanol–water partition coefficient (Wildman–Crippen LogP) is 4.21. The number of fused-ring (bicyclic) bond motifs is 1. The van der Waals surface area contributed by atoms with Crippen LogP contribution in [0.25, 0.3) is 0 Å². The zero-order valence-electron chi connectivity index (χ0n) is 12.3. The Morgan fingerprint density at radius 3 is 2.58 bits per heavy atom. The highest BCUT2D eigenvalue weighted by Gasteiger charge is 2.34. The highest BCUT2D eigenvalue weighted by molar-refractivity contribution is 6.32. The molecule has 1 aliphatic heterocycles. The maximum Gasteiger partial charge on any atom is 0.142 e. The van der Waals surface area contributed by atoms with E-state index in [1.54, 1.807) is 0 Å². The first-order valence-corrected chi connectivity index (χ1v) is 7.00. The van der Waals surface area contributed by atoms with Crippen LogP contribution in [0.2, 0.25) is 5.02 Å². The maximum absolute atomic E-state index is 12.2. The molecule has 0 fully saturated rings. The van der Waals surface area contributed by atoms with Crippen molar-refractivity contribution in [2.24, 2.45) is 5.41 Å². The number of rotatable bonds is 2. The largest absolute Gasteiger partial charge is 0.486 e. The van der Waals surface area contributed by atoms with E-state index in [0.717, 1.165) is 23.3 Å². The molecule has 2 nitrogen and oxygen atoms in total. The average molecular weight is 281 g/mol. The first-order chi connectivity index (χ1) is 8.60. The van der Waals surface area contributed by atoms with Gasteiger partial charge in [0.2, 0.25) is 0 Å². The minimum Gasteiger partial charge on any atom is -0.486 e. The van der Waals surface area contributed by atoms with Gasteiger partial charge in [0.05, 0.1) is 5.02 Å². The number of carbonyl (C=O) groups excluding carboxylic acids is 1. The summed E-state index contributed by atoms with van der Waals surface area (Å²) in [6, 6.07) is 3.78. The molecule has 0 saturated carbocycles. The SMILES string of the molecule is CC1(C)Cc2c(CC(=O)C(C)(C)C)ccc(Cl)c2O1. The molecule has 0 bridgehead atoms. The normalized spacial score (nSPS) is 16.9. The van der Waals surface area contributed by atoms with E-state index >= 15 is 0 Å². The van der Waals surface area contributed by atoms with Crippen molar-refractivity contribution < 1.29 is 9.53 Å². The molecule has 0 saturated heterocycles. The second-order valence-corrected chi connectivity index (χ2v) is 7.31. The molecule has 104 valence electrons. The summed E-state index contributed by atoms with van der Waals surface area (Å²) in [5.41, 5.74) is 1.58. The molecule has 1 heterocycles. The number of ether oxygens (including phenoxy) is 1. The van der Waals surface area contributed by atoms with E-state index in [0.29, 0.717) is 11.4 Å². The maximum atomic E-state index is 12.2. The fraction of sp³-hybridized carbons (Fsp3) is 0.562. The van der Waals surface area contributed by atoms with Gasteiger partial charge in [0.25, 0.3) is 0 Å². The number of ketones is 1. The summed E-state index contributed by atoms with van der Waals surface area (Å²) in [6.07, 6.45) is 1.25. The third-order valence-electron chi connectivity index (χ3n) is 3.48. The second-order valence-electron chi connectivity index (χ2n) is 6.90. The Morgan fingerprint density at radius 1 is 1.37 bits per heavy atom. The van der Waals surface area contributed by atoms with E-state index < -0.39 is 0 Å². The van der Waals surface area contributed by atoms with Crippen LogP contribution in [0.4, 0.5) is 0 Å². The number of Topliss-reactive ketones (excluding diaryl/α,β-unsaturated/α-hetero) is 1. The van der Waals surface area contributed by atoms with Gasteiger partial charge in [-0.3, -0.25) is 4.79 Å². The third-order valence-corrected chi connectivity index (χ3v) is 3.78. The van der Waals surface area contributed by atoms with Gasteiger partial charge >= 0.3 is 0 Å². The lowest BCUT2D eigenvalue weighted by molar-refractivity contribution is -0.125. The molecule has 0 aromatic heterocycles. The third kappa shape index (κ3) is 2.94. The number of hydrogen-bond acceptors (Lipinski definition) is 2. The van der Waals surface area contributed by atoms with E-state index in [1.165, 1.54) is 0 Å². The number of carbonyl (C=O) groups is 1. The van der Waals surface area contributed by atoms with Crippen molar-refractivity contribution in [2.45, 2.75) is 53.1 Å². The predicted molar refractivity (Wildman–Crippen MR) is 78.0 cm³/mol. The Hall–Kier alpha value is -1.02. The summed E-state index contributed by atoms with van der Waals surface area (Å²) in [5.74, 6) is 0.993. The van der Waals surface area contributed by atoms with Crippen LogP contribution >= 0.6 is 11.6 Å². The average Bonchev–Trinajstić information content (AvgIpc) is 2.57. The zero-order valence-corrected chi connectivity index (χ0v) is 13.0. The molecular weight excluding hydrogens is 260 g/mol. The molecule has 0 radical (unpaired) electrons. The lowest BCUT2D eigenvalue weighted by Crippen LogP contribution is -2.25. The summed E-state index contributed by atoms with van der Waals surface area (Å²) >= 11 is 6.19. The van der Waals surface area contributed by atoms with Gasteiger partial charge in [-0.25, -0.2) is 0 Å². The minimum absolute atomic E-state index is 0.238. The molecule has 1 aromatic rings. The molecule has 0 amide bonds. The van der Waals surface area contributed by atoms with Crippen molar-refractivity contribution >= 4 is 17.4 Å². The fourth-order valence-corrected chi connectivity index (χ4v) is 2.50. The van der Waals surface area contributed by atoms with Gasteiger partial charge in [0, 0.05) is 23.8 Å². The van der Waals surface area contributed by atoms with Crippen LogP contribution < -0.4 is 4.74 Å². The van der Waals surface area contributed by atoms with Crippen LogP contribution in [0.5, 0.6) is 5.75 Å². The van der Waals surface area contributed by atoms with Crippen molar-refractivity contribution in [3.63, 3.8) is 0 Å². The van der Waals surface area contributed by atoms with Crippen molar-refractivity contribution in [1.29, 1.82) is 0 Å². The van der Waals surface area contributed by atoms with E-state index in [-0.39, 0.29) is 16.8 Å². The second kappa shape index (κ2) is 4.52. The Balaban J connectivity index is 2.36. The summed E-state index contributed by atoms with van der Waals surface area (Å²) in [5, 5.41) is 0.632. The fourth-order valence-electron chi connectivity index (χ4n) is 2.29. The monoisotopic (exact) mass is 280 g/mol. The van der Waals surface area contributed by atoms with Gasteiger partial charge in [-0.15, -0.1) is 0 Å². The molecule has 19 heavy (non-hydrogen) atoms. The quantitative estimate of drug-likeness (QED) is 0.811. The summed E-state index contributed by atoms with van der Waals surface area (Å²) in [6.45, 7) is 9.93. The smallest absolute Gasteiger partial charge is 0.142 e. The Morgan fingerprint density at radius 2 is 2.00 bits per heavy atom. The minimum atomic E-state index is -0.318. The van der Waals surface area contributed by atoms with E-state index in [1.807, 2.05) is 46.8 Å². The number of benzene rings is 1. The first kappa shape index (κ1) is 14.4. The van der Waals surface area contributed by atoms with Crippen LogP contribution in [-0.4, -0.2) is 11.4 Å². The van der Waals surface area contributed by atoms with E-state index in [2.05, 4.69) is 0 Å². The van der Waals surface area contributed by atoms with Gasteiger partial charge < -0.3 is 4.74 Å². The van der Waals surface area contributed by atoms with Gasteiger partial charge in [-0.1, -0.05) is 38.4 Å². The van der Waals surface area contributed by atoms with Crippen molar-refractivity contribution in [3.05, 3.63) is 28.3 Å². The molecule has 2 rings (SSSR count).